The second-order valence-electron chi connectivity index (χ2n) is 6.91. The number of hydrogen-bond acceptors (Lipinski definition) is 4. The molecule has 0 saturated carbocycles. The Morgan fingerprint density at radius 2 is 0.767 bits per heavy atom. The summed E-state index contributed by atoms with van der Waals surface area (Å²) in [5, 5.41) is 37.9. The molecule has 0 saturated heterocycles. The first-order valence-corrected chi connectivity index (χ1v) is 9.61. The van der Waals surface area contributed by atoms with Crippen LogP contribution in [-0.4, -0.2) is 20.4 Å². The summed E-state index contributed by atoms with van der Waals surface area (Å²) in [4.78, 5) is 0. The third-order valence-corrected chi connectivity index (χ3v) is 4.69. The van der Waals surface area contributed by atoms with Crippen molar-refractivity contribution in [2.45, 2.75) is 12.8 Å². The maximum atomic E-state index is 9.58. The highest BCUT2D eigenvalue weighted by Crippen LogP contribution is 2.24. The SMILES string of the molecule is Oc1ccc(Cc2ccccc2O)cc1.Oc1ccccc1Cc1ccccc1O. The minimum absolute atomic E-state index is 0.260. The Bertz CT molecular complexity index is 1040. The van der Waals surface area contributed by atoms with E-state index in [2.05, 4.69) is 0 Å². The van der Waals surface area contributed by atoms with Crippen LogP contribution in [0.2, 0.25) is 0 Å². The average Bonchev–Trinajstić information content (AvgIpc) is 2.75. The number of benzene rings is 4. The molecular formula is C26H24O4. The van der Waals surface area contributed by atoms with Crippen molar-refractivity contribution in [3.63, 3.8) is 0 Å². The van der Waals surface area contributed by atoms with Crippen molar-refractivity contribution < 1.29 is 20.4 Å². The summed E-state index contributed by atoms with van der Waals surface area (Å²) in [6, 6.07) is 28.6. The number of rotatable bonds is 4. The predicted octanol–water partition coefficient (Wildman–Crippen LogP) is 5.38. The smallest absolute Gasteiger partial charge is 0.119 e. The molecule has 0 aliphatic carbocycles. The van der Waals surface area contributed by atoms with E-state index in [1.165, 1.54) is 0 Å². The molecule has 4 nitrogen and oxygen atoms in total. The lowest BCUT2D eigenvalue weighted by molar-refractivity contribution is 0.463. The van der Waals surface area contributed by atoms with Crippen LogP contribution in [0, 0.1) is 0 Å². The van der Waals surface area contributed by atoms with E-state index in [0.717, 1.165) is 22.3 Å². The zero-order chi connectivity index (χ0) is 21.3. The van der Waals surface area contributed by atoms with E-state index in [1.807, 2.05) is 48.5 Å². The van der Waals surface area contributed by atoms with Crippen LogP contribution < -0.4 is 0 Å². The van der Waals surface area contributed by atoms with E-state index in [4.69, 9.17) is 5.11 Å². The molecule has 4 heteroatoms. The standard InChI is InChI=1S/2C13H12O2/c14-12-7-3-1-5-10(12)9-11-6-2-4-8-13(11)15;14-12-7-5-10(6-8-12)9-11-3-1-2-4-13(11)15/h2*1-8,14-15H,9H2. The predicted molar refractivity (Wildman–Crippen MR) is 118 cm³/mol. The van der Waals surface area contributed by atoms with Gasteiger partial charge in [-0.1, -0.05) is 66.7 Å². The van der Waals surface area contributed by atoms with Gasteiger partial charge in [-0.3, -0.25) is 0 Å². The molecular weight excluding hydrogens is 376 g/mol. The van der Waals surface area contributed by atoms with Crippen LogP contribution in [0.1, 0.15) is 22.3 Å². The molecule has 0 fully saturated rings. The molecule has 0 atom stereocenters. The molecule has 4 aromatic carbocycles. The van der Waals surface area contributed by atoms with Crippen molar-refractivity contribution in [2.24, 2.45) is 0 Å². The number of aromatic hydroxyl groups is 4. The first-order valence-electron chi connectivity index (χ1n) is 9.61. The van der Waals surface area contributed by atoms with Crippen LogP contribution in [0.25, 0.3) is 0 Å². The normalized spacial score (nSPS) is 10.1. The Labute approximate surface area is 176 Å². The van der Waals surface area contributed by atoms with Gasteiger partial charge < -0.3 is 20.4 Å². The largest absolute Gasteiger partial charge is 0.508 e. The fraction of sp³-hybridized carbons (Fsp3) is 0.0769. The minimum Gasteiger partial charge on any atom is -0.508 e. The molecule has 0 aliphatic heterocycles. The zero-order valence-corrected chi connectivity index (χ0v) is 16.4. The molecule has 4 rings (SSSR count). The lowest BCUT2D eigenvalue weighted by Gasteiger charge is -2.05. The van der Waals surface area contributed by atoms with Gasteiger partial charge >= 0.3 is 0 Å². The first kappa shape index (κ1) is 20.8. The lowest BCUT2D eigenvalue weighted by Crippen LogP contribution is -1.88. The summed E-state index contributed by atoms with van der Waals surface area (Å²) in [7, 11) is 0. The van der Waals surface area contributed by atoms with E-state index in [9.17, 15) is 15.3 Å². The molecule has 0 aliphatic rings. The zero-order valence-electron chi connectivity index (χ0n) is 16.4. The van der Waals surface area contributed by atoms with Crippen molar-refractivity contribution in [1.29, 1.82) is 0 Å². The molecule has 0 aromatic heterocycles. The molecule has 0 amide bonds. The van der Waals surface area contributed by atoms with Crippen molar-refractivity contribution in [3.8, 4) is 23.0 Å². The van der Waals surface area contributed by atoms with Gasteiger partial charge in [-0.05, 0) is 52.6 Å². The molecule has 0 spiro atoms. The number of phenols is 4. The van der Waals surface area contributed by atoms with Crippen LogP contribution in [-0.2, 0) is 12.8 Å². The highest BCUT2D eigenvalue weighted by Gasteiger charge is 2.04. The van der Waals surface area contributed by atoms with Gasteiger partial charge in [0, 0.05) is 12.8 Å². The maximum Gasteiger partial charge on any atom is 0.119 e. The number of hydrogen-bond donors (Lipinski definition) is 4. The third-order valence-electron chi connectivity index (χ3n) is 4.69. The quantitative estimate of drug-likeness (QED) is 0.371. The van der Waals surface area contributed by atoms with Crippen molar-refractivity contribution >= 4 is 0 Å². The topological polar surface area (TPSA) is 80.9 Å². The number of para-hydroxylation sites is 3. The summed E-state index contributed by atoms with van der Waals surface area (Å²) in [6.07, 6.45) is 1.21. The number of phenolic OH excluding ortho intramolecular Hbond substituents is 4. The van der Waals surface area contributed by atoms with Crippen LogP contribution >= 0.6 is 0 Å². The van der Waals surface area contributed by atoms with Crippen molar-refractivity contribution in [3.05, 3.63) is 119 Å². The second-order valence-corrected chi connectivity index (χ2v) is 6.91. The Morgan fingerprint density at radius 3 is 1.17 bits per heavy atom. The van der Waals surface area contributed by atoms with Crippen LogP contribution in [0.3, 0.4) is 0 Å². The minimum atomic E-state index is 0.260. The monoisotopic (exact) mass is 400 g/mol. The summed E-state index contributed by atoms with van der Waals surface area (Å²) in [5.74, 6) is 1.10. The third kappa shape index (κ3) is 5.79. The van der Waals surface area contributed by atoms with Crippen LogP contribution in [0.15, 0.2) is 97.1 Å². The van der Waals surface area contributed by atoms with Gasteiger partial charge in [0.25, 0.3) is 0 Å². The second kappa shape index (κ2) is 10.0. The van der Waals surface area contributed by atoms with Gasteiger partial charge in [-0.2, -0.15) is 0 Å². The van der Waals surface area contributed by atoms with Crippen molar-refractivity contribution in [1.82, 2.24) is 0 Å². The van der Waals surface area contributed by atoms with Crippen LogP contribution in [0.4, 0.5) is 0 Å². The first-order chi connectivity index (χ1) is 14.5. The molecule has 4 aromatic rings. The summed E-state index contributed by atoms with van der Waals surface area (Å²) in [5.41, 5.74) is 3.59. The fourth-order valence-electron chi connectivity index (χ4n) is 3.02. The highest BCUT2D eigenvalue weighted by molar-refractivity contribution is 5.41. The molecule has 4 N–H and O–H groups in total. The van der Waals surface area contributed by atoms with Crippen molar-refractivity contribution in [2.75, 3.05) is 0 Å². The summed E-state index contributed by atoms with van der Waals surface area (Å²) >= 11 is 0. The van der Waals surface area contributed by atoms with E-state index < -0.39 is 0 Å². The van der Waals surface area contributed by atoms with Gasteiger partial charge in [-0.25, -0.2) is 0 Å². The molecule has 0 unspecified atom stereocenters. The van der Waals surface area contributed by atoms with E-state index in [0.29, 0.717) is 18.6 Å². The van der Waals surface area contributed by atoms with E-state index in [1.54, 1.807) is 48.5 Å². The summed E-state index contributed by atoms with van der Waals surface area (Å²) < 4.78 is 0. The van der Waals surface area contributed by atoms with Gasteiger partial charge in [0.2, 0.25) is 0 Å². The molecule has 152 valence electrons. The summed E-state index contributed by atoms with van der Waals surface area (Å²) in [6.45, 7) is 0. The highest BCUT2D eigenvalue weighted by atomic mass is 16.3. The van der Waals surface area contributed by atoms with Gasteiger partial charge in [0.15, 0.2) is 0 Å². The Morgan fingerprint density at radius 1 is 0.400 bits per heavy atom. The maximum absolute atomic E-state index is 9.58. The van der Waals surface area contributed by atoms with Crippen LogP contribution in [0.5, 0.6) is 23.0 Å². The molecule has 30 heavy (non-hydrogen) atoms. The van der Waals surface area contributed by atoms with E-state index in [-0.39, 0.29) is 17.2 Å². The van der Waals surface area contributed by atoms with Gasteiger partial charge in [0.05, 0.1) is 0 Å². The van der Waals surface area contributed by atoms with Gasteiger partial charge in [0.1, 0.15) is 23.0 Å². The molecule has 0 heterocycles. The fourth-order valence-corrected chi connectivity index (χ4v) is 3.02. The Balaban J connectivity index is 0.000000171. The van der Waals surface area contributed by atoms with Gasteiger partial charge in [-0.15, -0.1) is 0 Å². The molecule has 0 radical (unpaired) electrons. The Kier molecular flexibility index (Phi) is 6.95. The lowest BCUT2D eigenvalue weighted by atomic mass is 10.0. The molecule has 0 bridgehead atoms. The average molecular weight is 400 g/mol. The van der Waals surface area contributed by atoms with E-state index >= 15 is 0 Å². The Hall–Kier alpha value is -3.92.